The van der Waals surface area contributed by atoms with Crippen molar-refractivity contribution in [3.05, 3.63) is 240 Å². The molecule has 396 valence electrons. The van der Waals surface area contributed by atoms with Gasteiger partial charge in [-0.05, 0) is 207 Å². The maximum absolute atomic E-state index is 12.9. The molecular weight excluding hydrogens is 1080 g/mol. The van der Waals surface area contributed by atoms with Crippen molar-refractivity contribution in [1.29, 1.82) is 0 Å². The summed E-state index contributed by atoms with van der Waals surface area (Å²) in [5.74, 6) is -10.2. The first-order valence-corrected chi connectivity index (χ1v) is 23.5. The van der Waals surface area contributed by atoms with Gasteiger partial charge < -0.3 is 0 Å². The highest BCUT2D eigenvalue weighted by atomic mass is 35.5. The van der Waals surface area contributed by atoms with Gasteiger partial charge in [-0.15, -0.1) is 0 Å². The Morgan fingerprint density at radius 1 is 0.233 bits per heavy atom. The number of hydrogen-bond donors (Lipinski definition) is 0. The minimum absolute atomic E-state index is 0.00361. The number of hydrogen-bond acceptors (Lipinski definition) is 0. The number of benzene rings is 7. The molecule has 0 heterocycles. The van der Waals surface area contributed by atoms with Gasteiger partial charge in [0.25, 0.3) is 0 Å². The summed E-state index contributed by atoms with van der Waals surface area (Å²) < 4.78 is 152. The van der Waals surface area contributed by atoms with E-state index in [1.807, 2.05) is 52.0 Å². The molecule has 0 atom stereocenters. The van der Waals surface area contributed by atoms with E-state index in [1.165, 1.54) is 64.4 Å². The van der Waals surface area contributed by atoms with Gasteiger partial charge in [0.15, 0.2) is 34.9 Å². The van der Waals surface area contributed by atoms with E-state index in [1.54, 1.807) is 26.8 Å². The lowest BCUT2D eigenvalue weighted by atomic mass is 10.1. The van der Waals surface area contributed by atoms with E-state index in [4.69, 9.17) is 58.0 Å². The average molecular weight is 1130 g/mol. The molecule has 0 fully saturated rings. The molecule has 0 amide bonds. The Kier molecular flexibility index (Phi) is 27.1. The van der Waals surface area contributed by atoms with Crippen LogP contribution in [-0.2, 0) is 0 Å². The van der Waals surface area contributed by atoms with E-state index in [2.05, 4.69) is 6.07 Å². The largest absolute Gasteiger partial charge is 0.207 e. The summed E-state index contributed by atoms with van der Waals surface area (Å²) in [7, 11) is 0. The van der Waals surface area contributed by atoms with E-state index in [9.17, 15) is 52.7 Å². The van der Waals surface area contributed by atoms with Crippen molar-refractivity contribution in [3.63, 3.8) is 0 Å². The normalized spacial score (nSPS) is 10.1. The second-order valence-electron chi connectivity index (χ2n) is 16.7. The molecular formula is C56H53Cl5F12. The fourth-order valence-electron chi connectivity index (χ4n) is 5.39. The molecule has 7 aromatic carbocycles. The Bertz CT molecular complexity index is 2540. The van der Waals surface area contributed by atoms with Crippen molar-refractivity contribution in [3.8, 4) is 0 Å². The van der Waals surface area contributed by atoms with E-state index >= 15 is 0 Å². The summed E-state index contributed by atoms with van der Waals surface area (Å²) in [5, 5.41) is 3.04. The molecule has 0 N–H and O–H groups in total. The third-order valence-corrected chi connectivity index (χ3v) is 12.6. The number of aryl methyl sites for hydroxylation is 10. The van der Waals surface area contributed by atoms with Gasteiger partial charge in [0.2, 0.25) is 0 Å². The molecule has 7 aromatic rings. The monoisotopic (exact) mass is 1130 g/mol. The summed E-state index contributed by atoms with van der Waals surface area (Å²) in [4.78, 5) is 0. The maximum Gasteiger partial charge on any atom is 0.165 e. The molecule has 0 aromatic heterocycles. The molecule has 0 unspecified atom stereocenters. The summed E-state index contributed by atoms with van der Waals surface area (Å²) in [5.41, 5.74) is 5.34. The van der Waals surface area contributed by atoms with Gasteiger partial charge in [-0.2, -0.15) is 0 Å². The minimum atomic E-state index is -1.33. The molecule has 0 aliphatic rings. The highest BCUT2D eigenvalue weighted by Gasteiger charge is 2.20. The third kappa shape index (κ3) is 19.7. The van der Waals surface area contributed by atoms with E-state index < -0.39 is 63.5 Å². The van der Waals surface area contributed by atoms with Crippen molar-refractivity contribution < 1.29 is 52.7 Å². The lowest BCUT2D eigenvalue weighted by Crippen LogP contribution is -2.02. The molecule has 0 saturated heterocycles. The van der Waals surface area contributed by atoms with Crippen LogP contribution in [0.3, 0.4) is 0 Å². The van der Waals surface area contributed by atoms with Gasteiger partial charge in [-0.3, -0.25) is 0 Å². The van der Waals surface area contributed by atoms with Crippen molar-refractivity contribution >= 4 is 58.0 Å². The van der Waals surface area contributed by atoms with Crippen LogP contribution in [-0.4, -0.2) is 0 Å². The smallest absolute Gasteiger partial charge is 0.165 e. The van der Waals surface area contributed by atoms with Crippen LogP contribution in [0.2, 0.25) is 25.1 Å². The van der Waals surface area contributed by atoms with Crippen LogP contribution in [0.1, 0.15) is 77.9 Å². The van der Waals surface area contributed by atoms with Gasteiger partial charge in [0, 0.05) is 42.3 Å². The molecule has 0 nitrogen and oxygen atoms in total. The molecule has 7 rings (SSSR count). The van der Waals surface area contributed by atoms with Crippen LogP contribution in [0.25, 0.3) is 0 Å². The predicted octanol–water partition coefficient (Wildman–Crippen LogP) is 21.1. The van der Waals surface area contributed by atoms with Crippen LogP contribution < -0.4 is 0 Å². The second-order valence-corrected chi connectivity index (χ2v) is 18.7. The van der Waals surface area contributed by atoms with E-state index in [0.29, 0.717) is 27.3 Å². The first-order valence-electron chi connectivity index (χ1n) is 21.6. The maximum atomic E-state index is 12.9. The van der Waals surface area contributed by atoms with Crippen molar-refractivity contribution in [2.45, 2.75) is 96.9 Å². The molecule has 0 aliphatic heterocycles. The quantitative estimate of drug-likeness (QED) is 0.105. The molecule has 73 heavy (non-hydrogen) atoms. The highest BCUT2D eigenvalue weighted by molar-refractivity contribution is 6.34. The van der Waals surface area contributed by atoms with E-state index in [-0.39, 0.29) is 39.2 Å². The van der Waals surface area contributed by atoms with Gasteiger partial charge >= 0.3 is 0 Å². The molecule has 0 radical (unpaired) electrons. The molecule has 0 spiro atoms. The summed E-state index contributed by atoms with van der Waals surface area (Å²) in [6.45, 7) is 21.9. The standard InChI is InChI=1S/C8H8Cl2.C8H7ClF2.C8H8ClF.C8H9Cl.C8H6F4.C8H7F3.C8H8F2/c1-5-3-8(10)6(2)4-7(5)9;1-4-3-6(10)5(2)8(11)7(4)9;1-5-4-8(10)6(2)3-7(5)9;1-6-3-4-7(2)8(9)5-6;1-3-5(9)7(11)4(2)8(12)6(3)10;1-4-3-6(9)5(2)8(11)7(4)10;1-5-3-8(10)6(2)4-7(5)9/h3-4H,1-2H3;3H,1-2H3;3-4H,1-2H3;3-5H,1-2H3;1-2H3;3H,1-2H3;3-4H,1-2H3. The zero-order valence-corrected chi connectivity index (χ0v) is 46.1. The zero-order valence-electron chi connectivity index (χ0n) is 42.3. The Hall–Kier alpha value is -4.85. The van der Waals surface area contributed by atoms with Crippen molar-refractivity contribution in [2.75, 3.05) is 0 Å². The molecule has 0 bridgehead atoms. The fourth-order valence-corrected chi connectivity index (χ4v) is 6.48. The highest BCUT2D eigenvalue weighted by Crippen LogP contribution is 2.26. The van der Waals surface area contributed by atoms with Crippen LogP contribution >= 0.6 is 58.0 Å². The second kappa shape index (κ2) is 29.9. The Labute approximate surface area is 444 Å². The van der Waals surface area contributed by atoms with Gasteiger partial charge in [-0.25, -0.2) is 52.7 Å². The molecule has 0 aliphatic carbocycles. The lowest BCUT2D eigenvalue weighted by molar-refractivity contribution is 0.436. The predicted molar refractivity (Wildman–Crippen MR) is 276 cm³/mol. The van der Waals surface area contributed by atoms with Crippen LogP contribution in [0, 0.1) is 167 Å². The summed E-state index contributed by atoms with van der Waals surface area (Å²) in [6.07, 6.45) is 0. The Balaban J connectivity index is 0.000000426. The van der Waals surface area contributed by atoms with Gasteiger partial charge in [-0.1, -0.05) is 70.1 Å². The third-order valence-electron chi connectivity index (χ3n) is 10.5. The van der Waals surface area contributed by atoms with Crippen molar-refractivity contribution in [2.24, 2.45) is 0 Å². The van der Waals surface area contributed by atoms with Crippen LogP contribution in [0.5, 0.6) is 0 Å². The lowest BCUT2D eigenvalue weighted by Gasteiger charge is -2.04. The average Bonchev–Trinajstić information content (AvgIpc) is 3.32. The SMILES string of the molecule is Cc1c(F)c(F)c(C)c(F)c1F.Cc1cc(Cl)c(C)cc1Cl.Cc1cc(Cl)c(C)cc1F.Cc1cc(F)c(C)c(F)c1Cl.Cc1cc(F)c(C)c(F)c1F.Cc1cc(F)c(C)cc1F.Cc1ccc(C)c(Cl)c1. The number of rotatable bonds is 0. The molecule has 17 heteroatoms. The zero-order chi connectivity index (χ0) is 56.7. The fraction of sp³-hybridized carbons (Fsp3) is 0.250. The molecule has 0 saturated carbocycles. The van der Waals surface area contributed by atoms with E-state index in [0.717, 1.165) is 57.2 Å². The summed E-state index contributed by atoms with van der Waals surface area (Å²) in [6, 6.07) is 17.5. The van der Waals surface area contributed by atoms with Gasteiger partial charge in [0.1, 0.15) is 34.9 Å². The van der Waals surface area contributed by atoms with Crippen molar-refractivity contribution in [1.82, 2.24) is 0 Å². The Morgan fingerprint density at radius 3 is 0.863 bits per heavy atom. The Morgan fingerprint density at radius 2 is 0.507 bits per heavy atom. The summed E-state index contributed by atoms with van der Waals surface area (Å²) >= 11 is 28.7. The van der Waals surface area contributed by atoms with Gasteiger partial charge in [0.05, 0.1) is 5.02 Å². The topological polar surface area (TPSA) is 0 Å². The number of halogens is 17. The van der Waals surface area contributed by atoms with Crippen LogP contribution in [0.4, 0.5) is 52.7 Å². The first kappa shape index (κ1) is 66.2. The minimum Gasteiger partial charge on any atom is -0.207 e. The van der Waals surface area contributed by atoms with Crippen LogP contribution in [0.15, 0.2) is 66.7 Å². The first-order chi connectivity index (χ1) is 33.6.